The van der Waals surface area contributed by atoms with E-state index >= 15 is 0 Å². The van der Waals surface area contributed by atoms with E-state index in [1.807, 2.05) is 48.5 Å². The molecule has 5 N–H and O–H groups in total. The molecule has 30 heavy (non-hydrogen) atoms. The minimum absolute atomic E-state index is 0.108. The number of amidine groups is 1. The lowest BCUT2D eigenvalue weighted by Gasteiger charge is -2.16. The van der Waals surface area contributed by atoms with Crippen molar-refractivity contribution in [1.82, 2.24) is 15.8 Å². The normalized spacial score (nSPS) is 16.0. The summed E-state index contributed by atoms with van der Waals surface area (Å²) in [6.45, 7) is 0. The number of carbonyl (C=O) groups excluding carboxylic acids is 1. The Morgan fingerprint density at radius 3 is 2.70 bits per heavy atom. The van der Waals surface area contributed by atoms with Gasteiger partial charge in [0.15, 0.2) is 0 Å². The largest absolute Gasteiger partial charge is 0.480 e. The molecule has 0 aliphatic carbocycles. The van der Waals surface area contributed by atoms with E-state index in [-0.39, 0.29) is 24.7 Å². The molecule has 1 aliphatic heterocycles. The van der Waals surface area contributed by atoms with Crippen LogP contribution in [0.1, 0.15) is 29.9 Å². The van der Waals surface area contributed by atoms with Crippen molar-refractivity contribution in [1.29, 1.82) is 0 Å². The summed E-state index contributed by atoms with van der Waals surface area (Å²) >= 11 is 0. The number of aromatic nitrogens is 1. The number of benzene rings is 2. The van der Waals surface area contributed by atoms with Crippen LogP contribution in [0, 0.1) is 0 Å². The van der Waals surface area contributed by atoms with E-state index in [0.717, 1.165) is 27.7 Å². The number of H-pyrrole nitrogens is 1. The quantitative estimate of drug-likeness (QED) is 0.386. The molecule has 2 aromatic carbocycles. The van der Waals surface area contributed by atoms with Crippen LogP contribution in [-0.2, 0) is 16.0 Å². The first-order chi connectivity index (χ1) is 14.6. The first-order valence-corrected chi connectivity index (χ1v) is 9.71. The van der Waals surface area contributed by atoms with Crippen molar-refractivity contribution in [3.63, 3.8) is 0 Å². The number of carboxylic acids is 1. The summed E-state index contributed by atoms with van der Waals surface area (Å²) in [5.41, 5.74) is 5.55. The summed E-state index contributed by atoms with van der Waals surface area (Å²) in [7, 11) is 0. The molecule has 0 radical (unpaired) electrons. The van der Waals surface area contributed by atoms with Crippen molar-refractivity contribution in [2.24, 2.45) is 4.99 Å². The van der Waals surface area contributed by atoms with Gasteiger partial charge in [0.05, 0.1) is 5.69 Å². The lowest BCUT2D eigenvalue weighted by Crippen LogP contribution is -2.42. The van der Waals surface area contributed by atoms with Crippen molar-refractivity contribution < 1.29 is 19.9 Å². The van der Waals surface area contributed by atoms with Gasteiger partial charge in [0.1, 0.15) is 11.9 Å². The van der Waals surface area contributed by atoms with Crippen molar-refractivity contribution in [2.45, 2.75) is 31.2 Å². The standard InChI is InChI=1S/C22H22N4O4/c27-20(10-9-16-15-6-2-4-8-18(15)25-21(16)26-30)24-19(22(28)29)11-13-12-23-17-7-3-1-5-14(13)17/h1-8,12,16,19,23,30H,9-11H2,(H,24,27)(H,25,26)(H,28,29)/t16?,19-/m0/s1. The smallest absolute Gasteiger partial charge is 0.326 e. The van der Waals surface area contributed by atoms with E-state index < -0.39 is 12.0 Å². The van der Waals surface area contributed by atoms with Crippen LogP contribution in [0.5, 0.6) is 0 Å². The molecule has 2 atom stereocenters. The lowest BCUT2D eigenvalue weighted by atomic mass is 9.94. The molecule has 4 rings (SSSR count). The molecule has 0 bridgehead atoms. The van der Waals surface area contributed by atoms with Gasteiger partial charge in [-0.25, -0.2) is 9.79 Å². The van der Waals surface area contributed by atoms with Gasteiger partial charge in [-0.15, -0.1) is 0 Å². The van der Waals surface area contributed by atoms with Crippen LogP contribution in [0.4, 0.5) is 5.69 Å². The summed E-state index contributed by atoms with van der Waals surface area (Å²) in [5.74, 6) is -1.30. The Morgan fingerprint density at radius 2 is 1.90 bits per heavy atom. The zero-order valence-corrected chi connectivity index (χ0v) is 16.1. The van der Waals surface area contributed by atoms with Crippen LogP contribution in [0.2, 0.25) is 0 Å². The summed E-state index contributed by atoms with van der Waals surface area (Å²) in [5, 5.41) is 22.5. The van der Waals surface area contributed by atoms with Crippen molar-refractivity contribution in [2.75, 3.05) is 0 Å². The van der Waals surface area contributed by atoms with Crippen LogP contribution >= 0.6 is 0 Å². The topological polar surface area (TPSA) is 127 Å². The number of hydrogen-bond acceptors (Lipinski definition) is 5. The summed E-state index contributed by atoms with van der Waals surface area (Å²) in [4.78, 5) is 31.7. The highest BCUT2D eigenvalue weighted by Gasteiger charge is 2.28. The second-order valence-corrected chi connectivity index (χ2v) is 7.28. The van der Waals surface area contributed by atoms with Crippen molar-refractivity contribution in [3.8, 4) is 0 Å². The number of fused-ring (bicyclic) bond motifs is 2. The monoisotopic (exact) mass is 406 g/mol. The molecule has 2 heterocycles. The van der Waals surface area contributed by atoms with Crippen molar-refractivity contribution >= 4 is 34.3 Å². The van der Waals surface area contributed by atoms with E-state index in [1.54, 1.807) is 6.20 Å². The number of para-hydroxylation sites is 2. The number of hydrogen-bond donors (Lipinski definition) is 5. The van der Waals surface area contributed by atoms with Gasteiger partial charge in [-0.2, -0.15) is 0 Å². The number of aliphatic imine (C=N–C) groups is 1. The Hall–Kier alpha value is -3.65. The van der Waals surface area contributed by atoms with Gasteiger partial charge in [-0.3, -0.25) is 15.5 Å². The molecular formula is C22H22N4O4. The van der Waals surface area contributed by atoms with E-state index in [1.165, 1.54) is 0 Å². The maximum absolute atomic E-state index is 12.5. The second-order valence-electron chi connectivity index (χ2n) is 7.28. The fourth-order valence-corrected chi connectivity index (χ4v) is 3.90. The molecule has 8 heteroatoms. The third-order valence-electron chi connectivity index (χ3n) is 5.39. The molecule has 1 amide bonds. The van der Waals surface area contributed by atoms with Gasteiger partial charge < -0.3 is 15.4 Å². The van der Waals surface area contributed by atoms with Gasteiger partial charge in [0.25, 0.3) is 0 Å². The molecule has 0 saturated carbocycles. The third kappa shape index (κ3) is 3.90. The molecule has 1 aliphatic rings. The molecular weight excluding hydrogens is 384 g/mol. The van der Waals surface area contributed by atoms with E-state index in [9.17, 15) is 19.9 Å². The van der Waals surface area contributed by atoms with Crippen LogP contribution in [-0.4, -0.2) is 39.1 Å². The zero-order chi connectivity index (χ0) is 21.1. The highest BCUT2D eigenvalue weighted by molar-refractivity contribution is 5.96. The molecule has 0 saturated heterocycles. The molecule has 1 unspecified atom stereocenters. The Labute approximate surface area is 172 Å². The SMILES string of the molecule is O=C(CCC1C(NO)=Nc2ccccc21)N[C@@H](Cc1c[nH]c2ccccc12)C(=O)O. The Bertz CT molecular complexity index is 1120. The number of carbonyl (C=O) groups is 2. The molecule has 1 aromatic heterocycles. The maximum Gasteiger partial charge on any atom is 0.326 e. The number of aliphatic carboxylic acids is 1. The Kier molecular flexibility index (Phi) is 5.49. The zero-order valence-electron chi connectivity index (χ0n) is 16.1. The Morgan fingerprint density at radius 1 is 1.13 bits per heavy atom. The summed E-state index contributed by atoms with van der Waals surface area (Å²) < 4.78 is 0. The summed E-state index contributed by atoms with van der Waals surface area (Å²) in [6, 6.07) is 14.1. The van der Waals surface area contributed by atoms with Crippen LogP contribution < -0.4 is 10.8 Å². The number of hydroxylamine groups is 1. The van der Waals surface area contributed by atoms with Gasteiger partial charge in [0.2, 0.25) is 5.91 Å². The molecule has 8 nitrogen and oxygen atoms in total. The van der Waals surface area contributed by atoms with E-state index in [2.05, 4.69) is 20.8 Å². The first kappa shape index (κ1) is 19.7. The minimum atomic E-state index is -1.08. The highest BCUT2D eigenvalue weighted by Crippen LogP contribution is 2.36. The lowest BCUT2D eigenvalue weighted by molar-refractivity contribution is -0.141. The van der Waals surface area contributed by atoms with Gasteiger partial charge in [0, 0.05) is 35.9 Å². The average molecular weight is 406 g/mol. The average Bonchev–Trinajstić information content (AvgIpc) is 3.32. The van der Waals surface area contributed by atoms with Crippen LogP contribution in [0.25, 0.3) is 10.9 Å². The first-order valence-electron chi connectivity index (χ1n) is 9.71. The van der Waals surface area contributed by atoms with Gasteiger partial charge in [-0.05, 0) is 29.7 Å². The summed E-state index contributed by atoms with van der Waals surface area (Å²) in [6.07, 6.45) is 2.46. The number of carboxylic acid groups (broad SMARTS) is 1. The van der Waals surface area contributed by atoms with E-state index in [0.29, 0.717) is 12.3 Å². The predicted octanol–water partition coefficient (Wildman–Crippen LogP) is 2.87. The van der Waals surface area contributed by atoms with Crippen LogP contribution in [0.15, 0.2) is 59.7 Å². The minimum Gasteiger partial charge on any atom is -0.480 e. The maximum atomic E-state index is 12.5. The van der Waals surface area contributed by atoms with Crippen LogP contribution in [0.3, 0.4) is 0 Å². The molecule has 154 valence electrons. The number of nitrogens with zero attached hydrogens (tertiary/aromatic N) is 1. The number of nitrogens with one attached hydrogen (secondary N) is 3. The second kappa shape index (κ2) is 8.38. The third-order valence-corrected chi connectivity index (χ3v) is 5.39. The Balaban J connectivity index is 1.40. The predicted molar refractivity (Wildman–Crippen MR) is 112 cm³/mol. The molecule has 0 spiro atoms. The number of amides is 1. The van der Waals surface area contributed by atoms with Gasteiger partial charge in [-0.1, -0.05) is 36.4 Å². The van der Waals surface area contributed by atoms with E-state index in [4.69, 9.17) is 0 Å². The van der Waals surface area contributed by atoms with Gasteiger partial charge >= 0.3 is 5.97 Å². The fraction of sp³-hybridized carbons (Fsp3) is 0.227. The number of aromatic amines is 1. The van der Waals surface area contributed by atoms with Crippen molar-refractivity contribution in [3.05, 3.63) is 65.9 Å². The number of rotatable bonds is 7. The molecule has 0 fully saturated rings. The fourth-order valence-electron chi connectivity index (χ4n) is 3.90. The molecule has 3 aromatic rings. The highest BCUT2D eigenvalue weighted by atomic mass is 16.5.